The molecule has 1 saturated carbocycles. The van der Waals surface area contributed by atoms with Crippen LogP contribution in [0.4, 0.5) is 10.1 Å². The van der Waals surface area contributed by atoms with Crippen molar-refractivity contribution in [2.75, 3.05) is 25.2 Å². The van der Waals surface area contributed by atoms with Crippen molar-refractivity contribution in [1.82, 2.24) is 10.6 Å². The van der Waals surface area contributed by atoms with Crippen LogP contribution in [0.3, 0.4) is 0 Å². The molecule has 2 amide bonds. The van der Waals surface area contributed by atoms with Gasteiger partial charge in [0.25, 0.3) is 0 Å². The second-order valence-corrected chi connectivity index (χ2v) is 9.67. The average Bonchev–Trinajstić information content (AvgIpc) is 3.57. The molecule has 2 N–H and O–H groups in total. The van der Waals surface area contributed by atoms with Crippen molar-refractivity contribution in [3.05, 3.63) is 53.3 Å². The number of rotatable bonds is 8. The Morgan fingerprint density at radius 1 is 1.29 bits per heavy atom. The van der Waals surface area contributed by atoms with Gasteiger partial charge in [0, 0.05) is 31.8 Å². The Morgan fingerprint density at radius 3 is 2.77 bits per heavy atom. The first-order chi connectivity index (χ1) is 17.0. The number of ether oxygens (including phenoxy) is 1. The van der Waals surface area contributed by atoms with E-state index in [1.807, 2.05) is 24.3 Å². The van der Waals surface area contributed by atoms with Crippen molar-refractivity contribution in [3.8, 4) is 17.2 Å². The maximum atomic E-state index is 15.1. The smallest absolute Gasteiger partial charge is 0.238 e. The van der Waals surface area contributed by atoms with E-state index in [2.05, 4.69) is 16.7 Å². The van der Waals surface area contributed by atoms with Gasteiger partial charge in [0.1, 0.15) is 11.9 Å². The molecule has 2 heterocycles. The number of fused-ring (bicyclic) bond motifs is 3. The van der Waals surface area contributed by atoms with Gasteiger partial charge in [-0.2, -0.15) is 5.26 Å². The van der Waals surface area contributed by atoms with Crippen LogP contribution in [0.15, 0.2) is 36.4 Å². The number of carbonyl (C=O) groups excluding carboxylic acids is 2. The van der Waals surface area contributed by atoms with E-state index in [4.69, 9.17) is 4.74 Å². The third kappa shape index (κ3) is 4.66. The van der Waals surface area contributed by atoms with E-state index in [0.29, 0.717) is 42.7 Å². The predicted molar refractivity (Wildman–Crippen MR) is 129 cm³/mol. The van der Waals surface area contributed by atoms with Crippen molar-refractivity contribution in [3.63, 3.8) is 0 Å². The summed E-state index contributed by atoms with van der Waals surface area (Å²) >= 11 is 0. The van der Waals surface area contributed by atoms with Crippen LogP contribution in [0.2, 0.25) is 0 Å². The zero-order chi connectivity index (χ0) is 24.5. The van der Waals surface area contributed by atoms with E-state index >= 15 is 4.39 Å². The number of methoxy groups -OCH3 is 1. The van der Waals surface area contributed by atoms with Gasteiger partial charge in [-0.25, -0.2) is 4.39 Å². The van der Waals surface area contributed by atoms with E-state index in [9.17, 15) is 14.9 Å². The van der Waals surface area contributed by atoms with E-state index < -0.39 is 11.9 Å². The Bertz CT molecular complexity index is 1190. The molecule has 4 unspecified atom stereocenters. The summed E-state index contributed by atoms with van der Waals surface area (Å²) in [4.78, 5) is 26.7. The fourth-order valence-electron chi connectivity index (χ4n) is 5.62. The summed E-state index contributed by atoms with van der Waals surface area (Å²) in [6.45, 7) is 0.908. The Morgan fingerprint density at radius 2 is 2.09 bits per heavy atom. The number of piperidine rings is 1. The first-order valence-corrected chi connectivity index (χ1v) is 12.1. The van der Waals surface area contributed by atoms with Gasteiger partial charge in [-0.05, 0) is 59.6 Å². The Kier molecular flexibility index (Phi) is 6.54. The number of nitrogens with zero attached hydrogens (tertiary/aromatic N) is 2. The highest BCUT2D eigenvalue weighted by molar-refractivity contribution is 6.02. The molecule has 0 spiro atoms. The number of hydrogen-bond donors (Lipinski definition) is 2. The third-order valence-corrected chi connectivity index (χ3v) is 7.46. The molecule has 2 aromatic rings. The van der Waals surface area contributed by atoms with Crippen molar-refractivity contribution >= 4 is 17.5 Å². The van der Waals surface area contributed by atoms with Crippen LogP contribution in [0.5, 0.6) is 0 Å². The highest BCUT2D eigenvalue weighted by Gasteiger charge is 2.43. The van der Waals surface area contributed by atoms with Gasteiger partial charge in [-0.1, -0.05) is 24.3 Å². The molecule has 4 atom stereocenters. The summed E-state index contributed by atoms with van der Waals surface area (Å²) in [6.07, 6.45) is 3.58. The standard InChI is InChI=1S/C27H29FN4O3/c1-35-9-8-32-24-13-17(3-5-19(24)14-25(32)33)16-2-4-18(23(28)12-16)10-22(15-29)31-27(34)26-20-6-7-21(11-20)30-26/h2-5,12-13,20-22,26,30H,6-11,14H2,1H3,(H,31,34). The fraction of sp³-hybridized carbons (Fsp3) is 0.444. The van der Waals surface area contributed by atoms with Crippen LogP contribution in [-0.2, 0) is 27.2 Å². The molecule has 1 saturated heterocycles. The van der Waals surface area contributed by atoms with E-state index in [-0.39, 0.29) is 24.3 Å². The average molecular weight is 477 g/mol. The topological polar surface area (TPSA) is 94.5 Å². The van der Waals surface area contributed by atoms with Gasteiger partial charge >= 0.3 is 0 Å². The van der Waals surface area contributed by atoms with Crippen LogP contribution in [0.25, 0.3) is 11.1 Å². The highest BCUT2D eigenvalue weighted by Crippen LogP contribution is 2.36. The first kappa shape index (κ1) is 23.5. The van der Waals surface area contributed by atoms with Crippen LogP contribution >= 0.6 is 0 Å². The monoisotopic (exact) mass is 476 g/mol. The number of halogens is 1. The predicted octanol–water partition coefficient (Wildman–Crippen LogP) is 2.72. The molecule has 2 fully saturated rings. The summed E-state index contributed by atoms with van der Waals surface area (Å²) < 4.78 is 20.2. The fourth-order valence-corrected chi connectivity index (χ4v) is 5.62. The molecule has 1 aliphatic carbocycles. The number of amides is 2. The zero-order valence-electron chi connectivity index (χ0n) is 19.7. The summed E-state index contributed by atoms with van der Waals surface area (Å²) in [7, 11) is 1.60. The maximum Gasteiger partial charge on any atom is 0.238 e. The molecule has 3 aliphatic rings. The zero-order valence-corrected chi connectivity index (χ0v) is 19.7. The number of anilines is 1. The van der Waals surface area contributed by atoms with Gasteiger partial charge in [0.15, 0.2) is 0 Å². The molecule has 2 bridgehead atoms. The van der Waals surface area contributed by atoms with Gasteiger partial charge in [0.05, 0.1) is 25.1 Å². The molecular weight excluding hydrogens is 447 g/mol. The molecule has 8 heteroatoms. The molecular formula is C27H29FN4O3. The minimum atomic E-state index is -0.802. The lowest BCUT2D eigenvalue weighted by Gasteiger charge is -2.23. The van der Waals surface area contributed by atoms with Gasteiger partial charge in [0.2, 0.25) is 11.8 Å². The highest BCUT2D eigenvalue weighted by atomic mass is 19.1. The third-order valence-electron chi connectivity index (χ3n) is 7.46. The Hall–Kier alpha value is -3.28. The second-order valence-electron chi connectivity index (χ2n) is 9.67. The van der Waals surface area contributed by atoms with Crippen molar-refractivity contribution in [2.24, 2.45) is 5.92 Å². The van der Waals surface area contributed by atoms with Crippen LogP contribution < -0.4 is 15.5 Å². The maximum absolute atomic E-state index is 15.1. The van der Waals surface area contributed by atoms with Crippen molar-refractivity contribution in [2.45, 2.75) is 50.2 Å². The number of nitrogens with one attached hydrogen (secondary N) is 2. The lowest BCUT2D eigenvalue weighted by atomic mass is 9.97. The molecule has 182 valence electrons. The van der Waals surface area contributed by atoms with Crippen molar-refractivity contribution < 1.29 is 18.7 Å². The van der Waals surface area contributed by atoms with Crippen LogP contribution in [0.1, 0.15) is 30.4 Å². The van der Waals surface area contributed by atoms with Gasteiger partial charge in [-0.3, -0.25) is 9.59 Å². The summed E-state index contributed by atoms with van der Waals surface area (Å²) in [5.41, 5.74) is 3.64. The summed E-state index contributed by atoms with van der Waals surface area (Å²) in [6, 6.07) is 12.1. The van der Waals surface area contributed by atoms with E-state index in [1.165, 1.54) is 6.07 Å². The molecule has 0 radical (unpaired) electrons. The number of hydrogen-bond acceptors (Lipinski definition) is 5. The summed E-state index contributed by atoms with van der Waals surface area (Å²) in [5.74, 6) is -0.251. The van der Waals surface area contributed by atoms with Crippen molar-refractivity contribution in [1.29, 1.82) is 5.26 Å². The molecule has 7 nitrogen and oxygen atoms in total. The molecule has 2 aromatic carbocycles. The molecule has 35 heavy (non-hydrogen) atoms. The van der Waals surface area contributed by atoms with Gasteiger partial charge in [-0.15, -0.1) is 0 Å². The molecule has 0 aromatic heterocycles. The largest absolute Gasteiger partial charge is 0.383 e. The van der Waals surface area contributed by atoms with E-state index in [0.717, 1.165) is 36.1 Å². The Labute approximate surface area is 204 Å². The molecule has 2 aliphatic heterocycles. The number of carbonyl (C=O) groups is 2. The van der Waals surface area contributed by atoms with E-state index in [1.54, 1.807) is 18.1 Å². The minimum absolute atomic E-state index is 0.0287. The molecule has 5 rings (SSSR count). The number of benzene rings is 2. The van der Waals surface area contributed by atoms with Crippen LogP contribution in [0, 0.1) is 23.1 Å². The number of nitriles is 1. The normalized spacial score (nSPS) is 23.3. The van der Waals surface area contributed by atoms with Crippen LogP contribution in [-0.4, -0.2) is 50.2 Å². The Balaban J connectivity index is 1.28. The lowest BCUT2D eigenvalue weighted by molar-refractivity contribution is -0.124. The second kappa shape index (κ2) is 9.76. The summed E-state index contributed by atoms with van der Waals surface area (Å²) in [5, 5.41) is 15.7. The quantitative estimate of drug-likeness (QED) is 0.611. The SMILES string of the molecule is COCCN1C(=O)Cc2ccc(-c3ccc(CC(C#N)NC(=O)C4NC5CCC4C5)c(F)c3)cc21. The van der Waals surface area contributed by atoms with Gasteiger partial charge < -0.3 is 20.3 Å². The minimum Gasteiger partial charge on any atom is -0.383 e. The lowest BCUT2D eigenvalue weighted by Crippen LogP contribution is -2.50. The first-order valence-electron chi connectivity index (χ1n) is 12.1.